The molecule has 0 aliphatic rings. The summed E-state index contributed by atoms with van der Waals surface area (Å²) in [4.78, 5) is 36.8. The Hall–Kier alpha value is -2.42. The predicted octanol–water partition coefficient (Wildman–Crippen LogP) is 3.18. The van der Waals surface area contributed by atoms with E-state index in [0.717, 1.165) is 5.56 Å². The van der Waals surface area contributed by atoms with Crippen LogP contribution in [0.2, 0.25) is 0 Å². The Kier molecular flexibility index (Phi) is 6.25. The SMILES string of the molecule is CCc1c(-c2nc(SC)ncc2C)nc(C(=O)O)n1COC(=O)C(C)(C)C. The molecule has 0 radical (unpaired) electrons. The molecule has 2 rings (SSSR count). The van der Waals surface area contributed by atoms with E-state index in [4.69, 9.17) is 4.74 Å². The molecule has 1 N–H and O–H groups in total. The third-order valence-corrected chi connectivity index (χ3v) is 4.45. The Labute approximate surface area is 162 Å². The minimum Gasteiger partial charge on any atom is -0.475 e. The van der Waals surface area contributed by atoms with Gasteiger partial charge in [-0.1, -0.05) is 18.7 Å². The average molecular weight is 392 g/mol. The van der Waals surface area contributed by atoms with Gasteiger partial charge in [0.2, 0.25) is 5.82 Å². The highest BCUT2D eigenvalue weighted by Crippen LogP contribution is 2.28. The van der Waals surface area contributed by atoms with Gasteiger partial charge in [0.1, 0.15) is 5.69 Å². The number of carbonyl (C=O) groups excluding carboxylic acids is 1. The van der Waals surface area contributed by atoms with E-state index in [-0.39, 0.29) is 12.6 Å². The maximum Gasteiger partial charge on any atom is 0.372 e. The molecule has 9 heteroatoms. The van der Waals surface area contributed by atoms with Crippen LogP contribution in [0.15, 0.2) is 11.4 Å². The summed E-state index contributed by atoms with van der Waals surface area (Å²) in [5.41, 5.74) is 1.79. The molecule has 0 spiro atoms. The molecule has 0 aliphatic heterocycles. The van der Waals surface area contributed by atoms with Gasteiger partial charge >= 0.3 is 11.9 Å². The van der Waals surface area contributed by atoms with Crippen LogP contribution in [0, 0.1) is 12.3 Å². The maximum absolute atomic E-state index is 12.1. The minimum atomic E-state index is -1.19. The number of aromatic carboxylic acids is 1. The molecule has 2 aromatic rings. The van der Waals surface area contributed by atoms with Crippen molar-refractivity contribution in [3.63, 3.8) is 0 Å². The maximum atomic E-state index is 12.1. The van der Waals surface area contributed by atoms with Crippen LogP contribution in [-0.4, -0.2) is 42.8 Å². The standard InChI is InChI=1S/C18H24N4O4S/c1-7-11-13(12-10(2)8-19-17(21-12)27-6)20-14(15(23)24)22(11)9-26-16(25)18(3,4)5/h8H,7,9H2,1-6H3,(H,23,24). The Balaban J connectivity index is 2.55. The summed E-state index contributed by atoms with van der Waals surface area (Å²) in [6.45, 7) is 8.73. The fourth-order valence-corrected chi connectivity index (χ4v) is 2.78. The first-order valence-electron chi connectivity index (χ1n) is 8.48. The van der Waals surface area contributed by atoms with Crippen molar-refractivity contribution in [2.45, 2.75) is 52.9 Å². The second-order valence-corrected chi connectivity index (χ2v) is 7.79. The fourth-order valence-electron chi connectivity index (χ4n) is 2.44. The largest absolute Gasteiger partial charge is 0.475 e. The van der Waals surface area contributed by atoms with Crippen LogP contribution in [0.1, 0.15) is 49.6 Å². The van der Waals surface area contributed by atoms with Crippen LogP contribution < -0.4 is 0 Å². The first-order valence-corrected chi connectivity index (χ1v) is 9.70. The highest BCUT2D eigenvalue weighted by molar-refractivity contribution is 7.98. The van der Waals surface area contributed by atoms with E-state index in [9.17, 15) is 14.7 Å². The number of carbonyl (C=O) groups is 2. The van der Waals surface area contributed by atoms with Gasteiger partial charge in [0.25, 0.3) is 0 Å². The summed E-state index contributed by atoms with van der Waals surface area (Å²) in [7, 11) is 0. The zero-order valence-corrected chi connectivity index (χ0v) is 17.2. The van der Waals surface area contributed by atoms with Gasteiger partial charge in [-0.05, 0) is 45.9 Å². The van der Waals surface area contributed by atoms with Crippen molar-refractivity contribution < 1.29 is 19.4 Å². The van der Waals surface area contributed by atoms with Crippen molar-refractivity contribution in [2.24, 2.45) is 5.41 Å². The molecule has 27 heavy (non-hydrogen) atoms. The molecule has 2 aromatic heterocycles. The van der Waals surface area contributed by atoms with Gasteiger partial charge in [0.05, 0.1) is 16.8 Å². The van der Waals surface area contributed by atoms with Crippen LogP contribution in [0.5, 0.6) is 0 Å². The van der Waals surface area contributed by atoms with E-state index in [1.807, 2.05) is 20.1 Å². The fraction of sp³-hybridized carbons (Fsp3) is 0.500. The Bertz CT molecular complexity index is 871. The molecule has 0 amide bonds. The molecule has 0 atom stereocenters. The summed E-state index contributed by atoms with van der Waals surface area (Å²) in [5, 5.41) is 10.2. The van der Waals surface area contributed by atoms with E-state index in [1.54, 1.807) is 27.0 Å². The highest BCUT2D eigenvalue weighted by atomic mass is 32.2. The van der Waals surface area contributed by atoms with E-state index in [2.05, 4.69) is 15.0 Å². The van der Waals surface area contributed by atoms with Crippen molar-refractivity contribution >= 4 is 23.7 Å². The van der Waals surface area contributed by atoms with Crippen molar-refractivity contribution in [3.8, 4) is 11.4 Å². The van der Waals surface area contributed by atoms with Gasteiger partial charge in [-0.3, -0.25) is 9.36 Å². The molecule has 8 nitrogen and oxygen atoms in total. The van der Waals surface area contributed by atoms with Crippen molar-refractivity contribution in [1.82, 2.24) is 19.5 Å². The number of esters is 1. The molecule has 0 unspecified atom stereocenters. The molecule has 0 saturated carbocycles. The third-order valence-electron chi connectivity index (χ3n) is 3.89. The number of carboxylic acid groups (broad SMARTS) is 1. The first-order chi connectivity index (χ1) is 12.6. The van der Waals surface area contributed by atoms with E-state index in [1.165, 1.54) is 16.3 Å². The van der Waals surface area contributed by atoms with Gasteiger partial charge in [-0.15, -0.1) is 0 Å². The van der Waals surface area contributed by atoms with E-state index >= 15 is 0 Å². The van der Waals surface area contributed by atoms with Gasteiger partial charge in [-0.25, -0.2) is 19.7 Å². The number of aromatic nitrogens is 4. The van der Waals surface area contributed by atoms with Crippen LogP contribution >= 0.6 is 11.8 Å². The van der Waals surface area contributed by atoms with Crippen LogP contribution in [-0.2, 0) is 22.7 Å². The summed E-state index contributed by atoms with van der Waals surface area (Å²) >= 11 is 1.39. The molecule has 0 fully saturated rings. The molecule has 0 aromatic carbocycles. The number of thioether (sulfide) groups is 1. The molecule has 0 saturated heterocycles. The summed E-state index contributed by atoms with van der Waals surface area (Å²) in [6, 6.07) is 0. The van der Waals surface area contributed by atoms with Crippen LogP contribution in [0.25, 0.3) is 11.4 Å². The van der Waals surface area contributed by atoms with E-state index < -0.39 is 17.4 Å². The predicted molar refractivity (Wildman–Crippen MR) is 102 cm³/mol. The Morgan fingerprint density at radius 3 is 2.44 bits per heavy atom. The van der Waals surface area contributed by atoms with Crippen LogP contribution in [0.4, 0.5) is 0 Å². The Morgan fingerprint density at radius 1 is 1.26 bits per heavy atom. The number of rotatable bonds is 6. The van der Waals surface area contributed by atoms with Crippen molar-refractivity contribution in [2.75, 3.05) is 6.26 Å². The van der Waals surface area contributed by atoms with Gasteiger partial charge < -0.3 is 9.84 Å². The second-order valence-electron chi connectivity index (χ2n) is 7.02. The summed E-state index contributed by atoms with van der Waals surface area (Å²) in [5.74, 6) is -1.80. The summed E-state index contributed by atoms with van der Waals surface area (Å²) in [6.07, 6.45) is 4.05. The molecular formula is C18H24N4O4S. The smallest absolute Gasteiger partial charge is 0.372 e. The number of hydrogen-bond acceptors (Lipinski definition) is 7. The zero-order chi connectivity index (χ0) is 20.4. The molecule has 0 aliphatic carbocycles. The summed E-state index contributed by atoms with van der Waals surface area (Å²) < 4.78 is 6.75. The monoisotopic (exact) mass is 392 g/mol. The lowest BCUT2D eigenvalue weighted by molar-refractivity contribution is -0.157. The number of ether oxygens (including phenoxy) is 1. The van der Waals surface area contributed by atoms with Gasteiger partial charge in [-0.2, -0.15) is 0 Å². The van der Waals surface area contributed by atoms with Gasteiger partial charge in [0.15, 0.2) is 11.9 Å². The Morgan fingerprint density at radius 2 is 1.93 bits per heavy atom. The van der Waals surface area contributed by atoms with Crippen molar-refractivity contribution in [1.29, 1.82) is 0 Å². The molecule has 146 valence electrons. The number of imidazole rings is 1. The second kappa shape index (κ2) is 8.08. The molecule has 0 bridgehead atoms. The number of nitrogens with zero attached hydrogens (tertiary/aromatic N) is 4. The number of carboxylic acids is 1. The average Bonchev–Trinajstić information content (AvgIpc) is 2.97. The lowest BCUT2D eigenvalue weighted by Crippen LogP contribution is -2.25. The zero-order valence-electron chi connectivity index (χ0n) is 16.4. The topological polar surface area (TPSA) is 107 Å². The van der Waals surface area contributed by atoms with E-state index in [0.29, 0.717) is 28.7 Å². The minimum absolute atomic E-state index is 0.188. The van der Waals surface area contributed by atoms with Gasteiger partial charge in [0, 0.05) is 6.20 Å². The number of aryl methyl sites for hydroxylation is 1. The normalized spacial score (nSPS) is 11.5. The molecular weight excluding hydrogens is 368 g/mol. The lowest BCUT2D eigenvalue weighted by atomic mass is 9.98. The third kappa shape index (κ3) is 4.47. The highest BCUT2D eigenvalue weighted by Gasteiger charge is 2.27. The van der Waals surface area contributed by atoms with Crippen molar-refractivity contribution in [3.05, 3.63) is 23.3 Å². The lowest BCUT2D eigenvalue weighted by Gasteiger charge is -2.18. The molecule has 2 heterocycles. The number of hydrogen-bond donors (Lipinski definition) is 1. The quantitative estimate of drug-likeness (QED) is 0.454. The first kappa shape index (κ1) is 20.9. The van der Waals surface area contributed by atoms with Crippen LogP contribution in [0.3, 0.4) is 0 Å².